The molecule has 3 heteroatoms. The van der Waals surface area contributed by atoms with Crippen LogP contribution in [0, 0.1) is 6.92 Å². The van der Waals surface area contributed by atoms with E-state index in [4.69, 9.17) is 0 Å². The molecule has 0 amide bonds. The minimum Gasteiger partial charge on any atom is -0.288 e. The van der Waals surface area contributed by atoms with Crippen LogP contribution < -0.4 is 0 Å². The lowest BCUT2D eigenvalue weighted by Gasteiger charge is -1.90. The Bertz CT molecular complexity index is 514. The lowest BCUT2D eigenvalue weighted by atomic mass is 10.2. The maximum Gasteiger partial charge on any atom is 0.195 e. The Hall–Kier alpha value is -1.74. The zero-order chi connectivity index (χ0) is 11.4. The number of carbonyl (C=O) groups is 1. The minimum absolute atomic E-state index is 0.0508. The van der Waals surface area contributed by atoms with E-state index in [9.17, 15) is 4.79 Å². The Kier molecular flexibility index (Phi) is 3.27. The van der Waals surface area contributed by atoms with Crippen molar-refractivity contribution in [3.8, 4) is 0 Å². The number of rotatable bonds is 3. The van der Waals surface area contributed by atoms with Gasteiger partial charge in [0.05, 0.1) is 4.88 Å². The third-order valence-corrected chi connectivity index (χ3v) is 3.13. The predicted octanol–water partition coefficient (Wildman–Crippen LogP) is 3.35. The van der Waals surface area contributed by atoms with Crippen molar-refractivity contribution in [1.82, 2.24) is 4.98 Å². The van der Waals surface area contributed by atoms with Crippen molar-refractivity contribution in [2.24, 2.45) is 0 Å². The van der Waals surface area contributed by atoms with Gasteiger partial charge in [0.25, 0.3) is 0 Å². The maximum absolute atomic E-state index is 11.7. The number of nitrogens with zero attached hydrogens (tertiary/aromatic N) is 1. The van der Waals surface area contributed by atoms with E-state index in [2.05, 4.69) is 4.98 Å². The lowest BCUT2D eigenvalue weighted by Crippen LogP contribution is -1.88. The molecule has 0 aromatic carbocycles. The summed E-state index contributed by atoms with van der Waals surface area (Å²) in [6.45, 7) is 1.99. The number of carbonyl (C=O) groups excluding carboxylic acids is 1. The highest BCUT2D eigenvalue weighted by Crippen LogP contribution is 2.16. The Morgan fingerprint density at radius 2 is 2.00 bits per heavy atom. The van der Waals surface area contributed by atoms with E-state index in [1.807, 2.05) is 31.2 Å². The molecule has 0 N–H and O–H groups in total. The van der Waals surface area contributed by atoms with Crippen LogP contribution >= 0.6 is 11.3 Å². The molecule has 0 radical (unpaired) electrons. The van der Waals surface area contributed by atoms with Gasteiger partial charge in [0.2, 0.25) is 0 Å². The number of hydrogen-bond donors (Lipinski definition) is 0. The van der Waals surface area contributed by atoms with E-state index in [-0.39, 0.29) is 5.78 Å². The fourth-order valence-electron chi connectivity index (χ4n) is 1.30. The summed E-state index contributed by atoms with van der Waals surface area (Å²) in [5.74, 6) is 0.0508. The monoisotopic (exact) mass is 229 g/mol. The fourth-order valence-corrected chi connectivity index (χ4v) is 2.08. The maximum atomic E-state index is 11.7. The highest BCUT2D eigenvalue weighted by Gasteiger charge is 2.03. The van der Waals surface area contributed by atoms with E-state index in [0.29, 0.717) is 0 Å². The largest absolute Gasteiger partial charge is 0.288 e. The molecule has 0 fully saturated rings. The number of ketones is 1. The Morgan fingerprint density at radius 1 is 1.25 bits per heavy atom. The van der Waals surface area contributed by atoms with E-state index in [1.165, 1.54) is 11.3 Å². The van der Waals surface area contributed by atoms with Crippen LogP contribution in [-0.2, 0) is 0 Å². The van der Waals surface area contributed by atoms with E-state index >= 15 is 0 Å². The van der Waals surface area contributed by atoms with Gasteiger partial charge in [-0.15, -0.1) is 11.3 Å². The molecule has 16 heavy (non-hydrogen) atoms. The standard InChI is InChI=1S/C13H11NOS/c1-10-2-5-13(16-10)12(15)4-3-11-6-8-14-9-7-11/h2-9H,1H3/b4-3+. The van der Waals surface area contributed by atoms with E-state index < -0.39 is 0 Å². The van der Waals surface area contributed by atoms with E-state index in [0.717, 1.165) is 15.3 Å². The fraction of sp³-hybridized carbons (Fsp3) is 0.0769. The molecule has 2 aromatic heterocycles. The topological polar surface area (TPSA) is 30.0 Å². The summed E-state index contributed by atoms with van der Waals surface area (Å²) in [7, 11) is 0. The normalized spacial score (nSPS) is 10.8. The van der Waals surface area contributed by atoms with Crippen LogP contribution in [-0.4, -0.2) is 10.8 Å². The average molecular weight is 229 g/mol. The van der Waals surface area contributed by atoms with Crippen molar-refractivity contribution in [3.63, 3.8) is 0 Å². The smallest absolute Gasteiger partial charge is 0.195 e. The van der Waals surface area contributed by atoms with Crippen LogP contribution in [0.15, 0.2) is 42.7 Å². The molecule has 2 aromatic rings. The third kappa shape index (κ3) is 2.64. The Labute approximate surface area is 98.3 Å². The van der Waals surface area contributed by atoms with Gasteiger partial charge in [-0.3, -0.25) is 9.78 Å². The average Bonchev–Trinajstić information content (AvgIpc) is 2.74. The molecule has 0 atom stereocenters. The lowest BCUT2D eigenvalue weighted by molar-refractivity contribution is 0.105. The van der Waals surface area contributed by atoms with Crippen molar-refractivity contribution in [1.29, 1.82) is 0 Å². The van der Waals surface area contributed by atoms with Gasteiger partial charge in [-0.05, 0) is 42.8 Å². The van der Waals surface area contributed by atoms with Gasteiger partial charge in [-0.1, -0.05) is 6.08 Å². The molecule has 0 aliphatic carbocycles. The molecule has 2 rings (SSSR count). The van der Waals surface area contributed by atoms with Gasteiger partial charge in [0, 0.05) is 17.3 Å². The molecule has 0 unspecified atom stereocenters. The second-order valence-electron chi connectivity index (χ2n) is 3.39. The summed E-state index contributed by atoms with van der Waals surface area (Å²) < 4.78 is 0. The van der Waals surface area contributed by atoms with Gasteiger partial charge in [0.15, 0.2) is 5.78 Å². The number of aromatic nitrogens is 1. The van der Waals surface area contributed by atoms with Crippen molar-refractivity contribution < 1.29 is 4.79 Å². The van der Waals surface area contributed by atoms with Gasteiger partial charge in [-0.2, -0.15) is 0 Å². The van der Waals surface area contributed by atoms with Gasteiger partial charge in [0.1, 0.15) is 0 Å². The first-order chi connectivity index (χ1) is 7.75. The molecule has 0 spiro atoms. The number of hydrogen-bond acceptors (Lipinski definition) is 3. The number of aryl methyl sites for hydroxylation is 1. The number of allylic oxidation sites excluding steroid dienone is 1. The van der Waals surface area contributed by atoms with Crippen molar-refractivity contribution in [2.75, 3.05) is 0 Å². The molecule has 0 aliphatic heterocycles. The van der Waals surface area contributed by atoms with Crippen LogP contribution in [0.2, 0.25) is 0 Å². The SMILES string of the molecule is Cc1ccc(C(=O)/C=C/c2ccncc2)s1. The van der Waals surface area contributed by atoms with Crippen molar-refractivity contribution >= 4 is 23.2 Å². The molecule has 2 nitrogen and oxygen atoms in total. The summed E-state index contributed by atoms with van der Waals surface area (Å²) in [4.78, 5) is 17.6. The summed E-state index contributed by atoms with van der Waals surface area (Å²) >= 11 is 1.52. The summed E-state index contributed by atoms with van der Waals surface area (Å²) in [6.07, 6.45) is 6.82. The van der Waals surface area contributed by atoms with Crippen LogP contribution in [0.4, 0.5) is 0 Å². The molecule has 80 valence electrons. The molecule has 2 heterocycles. The summed E-state index contributed by atoms with van der Waals surface area (Å²) in [5, 5.41) is 0. The number of thiophene rings is 1. The molecule has 0 saturated carbocycles. The summed E-state index contributed by atoms with van der Waals surface area (Å²) in [6, 6.07) is 7.55. The van der Waals surface area contributed by atoms with Crippen molar-refractivity contribution in [3.05, 3.63) is 58.1 Å². The molecule has 0 bridgehead atoms. The van der Waals surface area contributed by atoms with Crippen LogP contribution in [0.25, 0.3) is 6.08 Å². The number of pyridine rings is 1. The van der Waals surface area contributed by atoms with Crippen molar-refractivity contribution in [2.45, 2.75) is 6.92 Å². The minimum atomic E-state index is 0.0508. The molecular formula is C13H11NOS. The van der Waals surface area contributed by atoms with E-state index in [1.54, 1.807) is 24.5 Å². The second-order valence-corrected chi connectivity index (χ2v) is 4.68. The zero-order valence-corrected chi connectivity index (χ0v) is 9.70. The quantitative estimate of drug-likeness (QED) is 0.596. The highest BCUT2D eigenvalue weighted by molar-refractivity contribution is 7.14. The van der Waals surface area contributed by atoms with Crippen LogP contribution in [0.1, 0.15) is 20.1 Å². The zero-order valence-electron chi connectivity index (χ0n) is 8.88. The molecule has 0 saturated heterocycles. The summed E-state index contributed by atoms with van der Waals surface area (Å²) in [5.41, 5.74) is 0.983. The first-order valence-corrected chi connectivity index (χ1v) is 5.76. The molecular weight excluding hydrogens is 218 g/mol. The van der Waals surface area contributed by atoms with Gasteiger partial charge >= 0.3 is 0 Å². The third-order valence-electron chi connectivity index (χ3n) is 2.12. The first kappa shape index (κ1) is 10.8. The molecule has 0 aliphatic rings. The van der Waals surface area contributed by atoms with Gasteiger partial charge < -0.3 is 0 Å². The Morgan fingerprint density at radius 3 is 2.62 bits per heavy atom. The highest BCUT2D eigenvalue weighted by atomic mass is 32.1. The van der Waals surface area contributed by atoms with Crippen LogP contribution in [0.5, 0.6) is 0 Å². The van der Waals surface area contributed by atoms with Crippen LogP contribution in [0.3, 0.4) is 0 Å². The Balaban J connectivity index is 2.11. The first-order valence-electron chi connectivity index (χ1n) is 4.94. The second kappa shape index (κ2) is 4.86. The predicted molar refractivity (Wildman–Crippen MR) is 66.7 cm³/mol. The van der Waals surface area contributed by atoms with Gasteiger partial charge in [-0.25, -0.2) is 0 Å².